The first-order chi connectivity index (χ1) is 31.2. The van der Waals surface area contributed by atoms with E-state index in [1.807, 2.05) is 19.2 Å². The molecule has 0 radical (unpaired) electrons. The summed E-state index contributed by atoms with van der Waals surface area (Å²) in [7, 11) is 25.5. The van der Waals surface area contributed by atoms with Crippen LogP contribution in [0.2, 0.25) is 0 Å². The third-order valence-electron chi connectivity index (χ3n) is 13.4. The monoisotopic (exact) mass is 927 g/mol. The highest BCUT2D eigenvalue weighted by atomic mass is 16.7. The zero-order valence-electron chi connectivity index (χ0n) is 45.8. The van der Waals surface area contributed by atoms with Crippen LogP contribution in [0.4, 0.5) is 0 Å². The van der Waals surface area contributed by atoms with Gasteiger partial charge in [-0.2, -0.15) is 5.06 Å². The van der Waals surface area contributed by atoms with E-state index in [1.54, 1.807) is 0 Å². The van der Waals surface area contributed by atoms with Gasteiger partial charge in [-0.25, -0.2) is 0 Å². The van der Waals surface area contributed by atoms with Crippen molar-refractivity contribution in [1.82, 2.24) is 59.0 Å². The summed E-state index contributed by atoms with van der Waals surface area (Å²) < 4.78 is 4.98. The number of likely N-dealkylation sites (tertiary alicyclic amines) is 10. The summed E-state index contributed by atoms with van der Waals surface area (Å²) in [5, 5.41) is 1.86. The van der Waals surface area contributed by atoms with Gasteiger partial charge in [0.05, 0.1) is 19.9 Å². The molecule has 12 heterocycles. The van der Waals surface area contributed by atoms with Crippen molar-refractivity contribution >= 4 is 0 Å². The van der Waals surface area contributed by atoms with Crippen molar-refractivity contribution in [3.63, 3.8) is 0 Å². The molecule has 0 aromatic carbocycles. The Labute approximate surface area is 405 Å². The van der Waals surface area contributed by atoms with Crippen LogP contribution < -0.4 is 0 Å². The van der Waals surface area contributed by atoms with Gasteiger partial charge >= 0.3 is 0 Å². The molecule has 12 aliphatic heterocycles. The largest absolute Gasteiger partial charge is 0.365 e. The average Bonchev–Trinajstić information content (AvgIpc) is 4.10. The number of rotatable bonds is 0. The fourth-order valence-corrected chi connectivity index (χ4v) is 7.02. The molecule has 12 aliphatic rings. The molecule has 0 aliphatic carbocycles. The van der Waals surface area contributed by atoms with E-state index in [0.717, 1.165) is 33.0 Å². The molecule has 0 aromatic heterocycles. The Kier molecular flexibility index (Phi) is 40.7. The molecule has 0 spiro atoms. The third kappa shape index (κ3) is 41.0. The van der Waals surface area contributed by atoms with Gasteiger partial charge in [-0.15, -0.1) is 0 Å². The second-order valence-corrected chi connectivity index (χ2v) is 20.8. The van der Waals surface area contributed by atoms with Crippen LogP contribution in [0.5, 0.6) is 0 Å². The van der Waals surface area contributed by atoms with Crippen LogP contribution in [-0.2, 0) is 9.57 Å². The summed E-state index contributed by atoms with van der Waals surface area (Å²) in [6.07, 6.45) is 19.6. The van der Waals surface area contributed by atoms with E-state index >= 15 is 0 Å². The number of hydrogen-bond donors (Lipinski definition) is 0. The van der Waals surface area contributed by atoms with Crippen molar-refractivity contribution in [2.24, 2.45) is 0 Å². The summed E-state index contributed by atoms with van der Waals surface area (Å²) >= 11 is 0. The zero-order chi connectivity index (χ0) is 47.9. The number of nitrogens with zero attached hydrogens (tertiary/aromatic N) is 12. The van der Waals surface area contributed by atoms with Crippen LogP contribution in [0.25, 0.3) is 0 Å². The van der Waals surface area contributed by atoms with Crippen molar-refractivity contribution in [3.8, 4) is 0 Å². The maximum Gasteiger partial charge on any atom is 0.0989 e. The second kappa shape index (κ2) is 42.3. The van der Waals surface area contributed by atoms with Crippen molar-refractivity contribution in [2.75, 3.05) is 249 Å². The lowest BCUT2D eigenvalue weighted by atomic mass is 10.2. The normalized spacial score (nSPS) is 25.7. The second-order valence-electron chi connectivity index (χ2n) is 20.8. The van der Waals surface area contributed by atoms with Crippen molar-refractivity contribution in [1.29, 1.82) is 0 Å². The molecule has 12 saturated heterocycles. The lowest BCUT2D eigenvalue weighted by Gasteiger charge is -2.24. The van der Waals surface area contributed by atoms with Gasteiger partial charge < -0.3 is 53.7 Å². The number of ether oxygens (including phenoxy) is 1. The minimum atomic E-state index is 0.819. The molecule has 0 bridgehead atoms. The van der Waals surface area contributed by atoms with E-state index in [0.29, 0.717) is 0 Å². The maximum absolute atomic E-state index is 4.99. The van der Waals surface area contributed by atoms with Crippen LogP contribution in [0, 0.1) is 0 Å². The zero-order valence-corrected chi connectivity index (χ0v) is 45.8. The average molecular weight is 928 g/mol. The quantitative estimate of drug-likeness (QED) is 0.342. The molecule has 0 N–H and O–H groups in total. The van der Waals surface area contributed by atoms with Gasteiger partial charge in [-0.1, -0.05) is 0 Å². The van der Waals surface area contributed by atoms with Crippen molar-refractivity contribution < 1.29 is 9.57 Å². The highest BCUT2D eigenvalue weighted by molar-refractivity contribution is 4.65. The first kappa shape index (κ1) is 62.5. The number of hydroxylamine groups is 2. The minimum absolute atomic E-state index is 0.819. The summed E-state index contributed by atoms with van der Waals surface area (Å²) in [6, 6.07) is 0. The van der Waals surface area contributed by atoms with Gasteiger partial charge in [0.2, 0.25) is 0 Å². The van der Waals surface area contributed by atoms with E-state index in [-0.39, 0.29) is 0 Å². The van der Waals surface area contributed by atoms with Crippen LogP contribution >= 0.6 is 0 Å². The van der Waals surface area contributed by atoms with Crippen LogP contribution in [0.3, 0.4) is 0 Å². The highest BCUT2D eigenvalue weighted by Gasteiger charge is 2.09. The van der Waals surface area contributed by atoms with E-state index in [2.05, 4.69) is 124 Å². The molecule has 0 unspecified atom stereocenters. The Hall–Kier alpha value is -0.560. The topological polar surface area (TPSA) is 57.3 Å². The van der Waals surface area contributed by atoms with E-state index in [4.69, 9.17) is 9.57 Å². The Morgan fingerprint density at radius 1 is 0.200 bits per heavy atom. The SMILES string of the molecule is CN1CCC1.CN1CCC1.CN1CCC1.CN1CCC1.CN1CCC1.CN1CCC1.CN1CCC1.CN1CCCC1.CN1CCCC1.CN1CCCC1.CN1CCCO1.CN1CCOC1. The first-order valence-electron chi connectivity index (χ1n) is 26.7. The standard InChI is InChI=1S/3C5H11N.2C4H9NO.7C4H9N/c3*1-6-4-2-3-5-6;1-5-2-3-6-4-5;1-5-3-2-4-6-5;7*1-5-3-2-4-5/h3*2-5H2,1H3;2*2-4H2,1H3;7*2-4H2,1H3. The molecular formula is C51H114N12O2. The van der Waals surface area contributed by atoms with Crippen LogP contribution in [0.15, 0.2) is 0 Å². The van der Waals surface area contributed by atoms with E-state index in [1.165, 1.54) is 221 Å². The molecule has 65 heavy (non-hydrogen) atoms. The van der Waals surface area contributed by atoms with Crippen molar-refractivity contribution in [3.05, 3.63) is 0 Å². The summed E-state index contributed by atoms with van der Waals surface area (Å²) in [5.74, 6) is 0. The van der Waals surface area contributed by atoms with Crippen LogP contribution in [0.1, 0.15) is 89.9 Å². The highest BCUT2D eigenvalue weighted by Crippen LogP contribution is 2.05. The summed E-state index contributed by atoms with van der Waals surface area (Å²) in [4.78, 5) is 30.3. The Morgan fingerprint density at radius 2 is 0.415 bits per heavy atom. The molecular weight excluding hydrogens is 813 g/mol. The lowest BCUT2D eigenvalue weighted by Crippen LogP contribution is -2.32. The van der Waals surface area contributed by atoms with Crippen LogP contribution in [-0.4, -0.2) is 307 Å². The molecule has 0 amide bonds. The van der Waals surface area contributed by atoms with Crippen molar-refractivity contribution in [2.45, 2.75) is 89.9 Å². The van der Waals surface area contributed by atoms with E-state index < -0.39 is 0 Å². The van der Waals surface area contributed by atoms with Gasteiger partial charge in [-0.3, -0.25) is 9.74 Å². The fourth-order valence-electron chi connectivity index (χ4n) is 7.02. The Balaban J connectivity index is 0.000000355. The third-order valence-corrected chi connectivity index (χ3v) is 13.4. The van der Waals surface area contributed by atoms with Gasteiger partial charge in [-0.05, 0) is 298 Å². The molecule has 0 saturated carbocycles. The summed E-state index contributed by atoms with van der Waals surface area (Å²) in [5.41, 5.74) is 0. The Morgan fingerprint density at radius 3 is 0.462 bits per heavy atom. The minimum Gasteiger partial charge on any atom is -0.365 e. The predicted molar refractivity (Wildman–Crippen MR) is 282 cm³/mol. The number of likely N-dealkylation sites (N-methyl/N-ethyl adjacent to an activating group) is 1. The molecule has 12 fully saturated rings. The molecule has 0 atom stereocenters. The van der Waals surface area contributed by atoms with Gasteiger partial charge in [0.1, 0.15) is 0 Å². The lowest BCUT2D eigenvalue weighted by molar-refractivity contribution is -0.0867. The molecule has 12 rings (SSSR count). The molecule has 14 nitrogen and oxygen atoms in total. The predicted octanol–water partition coefficient (Wildman–Crippen LogP) is 4.55. The maximum atomic E-state index is 4.99. The van der Waals surface area contributed by atoms with Gasteiger partial charge in [0.25, 0.3) is 0 Å². The molecule has 0 aromatic rings. The molecule has 14 heteroatoms. The Bertz CT molecular complexity index is 765. The first-order valence-corrected chi connectivity index (χ1v) is 26.7. The fraction of sp³-hybridized carbons (Fsp3) is 1.00. The van der Waals surface area contributed by atoms with Gasteiger partial charge in [0, 0.05) is 20.1 Å². The summed E-state index contributed by atoms with van der Waals surface area (Å²) in [6.45, 7) is 31.2. The number of hydrogen-bond acceptors (Lipinski definition) is 14. The smallest absolute Gasteiger partial charge is 0.0989 e. The van der Waals surface area contributed by atoms with Gasteiger partial charge in [0.15, 0.2) is 0 Å². The molecule has 390 valence electrons. The van der Waals surface area contributed by atoms with E-state index in [9.17, 15) is 0 Å².